The van der Waals surface area contributed by atoms with E-state index in [-0.39, 0.29) is 11.0 Å². The Morgan fingerprint density at radius 3 is 1.88 bits per heavy atom. The number of hydrogen-bond acceptors (Lipinski definition) is 5. The number of rotatable bonds is 5. The molecule has 4 N–H and O–H groups in total. The van der Waals surface area contributed by atoms with Crippen LogP contribution in [0.3, 0.4) is 0 Å². The average Bonchev–Trinajstić information content (AvgIpc) is 2.83. The second-order valence-electron chi connectivity index (χ2n) is 6.49. The van der Waals surface area contributed by atoms with Gasteiger partial charge in [-0.15, -0.1) is 0 Å². The van der Waals surface area contributed by atoms with Crippen LogP contribution >= 0.6 is 12.2 Å². The quantitative estimate of drug-likeness (QED) is 0.353. The molecule has 0 unspecified atom stereocenters. The maximum Gasteiger partial charge on any atom is 0.269 e. The van der Waals surface area contributed by atoms with E-state index in [0.717, 1.165) is 0 Å². The molecule has 0 spiro atoms. The summed E-state index contributed by atoms with van der Waals surface area (Å²) >= 11 is 5.03. The van der Waals surface area contributed by atoms with Gasteiger partial charge >= 0.3 is 0 Å². The van der Waals surface area contributed by atoms with Gasteiger partial charge in [-0.1, -0.05) is 18.2 Å². The van der Waals surface area contributed by atoms with Crippen LogP contribution in [0.15, 0.2) is 78.9 Å². The number of carbonyl (C=O) groups excluding carboxylic acids is 3. The normalized spacial score (nSPS) is 9.91. The molecule has 3 aromatic rings. The van der Waals surface area contributed by atoms with Gasteiger partial charge in [0.2, 0.25) is 0 Å². The maximum absolute atomic E-state index is 12.3. The monoisotopic (exact) mass is 448 g/mol. The van der Waals surface area contributed by atoms with Crippen molar-refractivity contribution < 1.29 is 19.1 Å². The number of anilines is 1. The predicted octanol–water partition coefficient (Wildman–Crippen LogP) is 2.90. The van der Waals surface area contributed by atoms with Crippen molar-refractivity contribution in [3.8, 4) is 5.75 Å². The van der Waals surface area contributed by atoms with Crippen LogP contribution in [0, 0.1) is 0 Å². The first kappa shape index (κ1) is 22.4. The molecular formula is C23H20N4O4S. The maximum atomic E-state index is 12.3. The highest BCUT2D eigenvalue weighted by Crippen LogP contribution is 2.12. The number of carbonyl (C=O) groups is 3. The van der Waals surface area contributed by atoms with Gasteiger partial charge in [0.25, 0.3) is 17.7 Å². The largest absolute Gasteiger partial charge is 0.497 e. The fourth-order valence-electron chi connectivity index (χ4n) is 2.63. The second kappa shape index (κ2) is 10.7. The summed E-state index contributed by atoms with van der Waals surface area (Å²) in [6.07, 6.45) is 0. The van der Waals surface area contributed by atoms with E-state index in [1.54, 1.807) is 72.8 Å². The van der Waals surface area contributed by atoms with Crippen LogP contribution in [0.1, 0.15) is 31.1 Å². The fourth-order valence-corrected chi connectivity index (χ4v) is 2.78. The molecule has 3 aromatic carbocycles. The molecule has 0 fully saturated rings. The Hall–Kier alpha value is -4.24. The van der Waals surface area contributed by atoms with E-state index in [9.17, 15) is 14.4 Å². The lowest BCUT2D eigenvalue weighted by molar-refractivity contribution is 0.0934. The predicted molar refractivity (Wildman–Crippen MR) is 124 cm³/mol. The first-order valence-electron chi connectivity index (χ1n) is 9.48. The second-order valence-corrected chi connectivity index (χ2v) is 6.90. The third-order valence-corrected chi connectivity index (χ3v) is 4.51. The van der Waals surface area contributed by atoms with Crippen molar-refractivity contribution >= 4 is 40.7 Å². The Balaban J connectivity index is 1.48. The molecule has 3 amide bonds. The van der Waals surface area contributed by atoms with Crippen LogP contribution < -0.4 is 26.2 Å². The number of amides is 3. The van der Waals surface area contributed by atoms with E-state index in [1.165, 1.54) is 7.11 Å². The smallest absolute Gasteiger partial charge is 0.269 e. The van der Waals surface area contributed by atoms with Crippen molar-refractivity contribution in [2.75, 3.05) is 12.4 Å². The SMILES string of the molecule is COc1ccc(C(=O)NC(=S)NNC(=O)c2ccc(NC(=O)c3ccccc3)cc2)cc1. The molecule has 9 heteroatoms. The van der Waals surface area contributed by atoms with Gasteiger partial charge in [-0.25, -0.2) is 0 Å². The molecule has 0 bridgehead atoms. The van der Waals surface area contributed by atoms with E-state index < -0.39 is 11.8 Å². The van der Waals surface area contributed by atoms with E-state index in [1.807, 2.05) is 6.07 Å². The van der Waals surface area contributed by atoms with Gasteiger partial charge < -0.3 is 10.1 Å². The molecule has 3 rings (SSSR count). The summed E-state index contributed by atoms with van der Waals surface area (Å²) in [6, 6.07) is 21.6. The Morgan fingerprint density at radius 1 is 0.688 bits per heavy atom. The summed E-state index contributed by atoms with van der Waals surface area (Å²) in [7, 11) is 1.53. The van der Waals surface area contributed by atoms with Gasteiger partial charge in [-0.2, -0.15) is 0 Å². The molecule has 0 atom stereocenters. The van der Waals surface area contributed by atoms with Gasteiger partial charge in [0.1, 0.15) is 5.75 Å². The number of benzene rings is 3. The molecule has 0 aliphatic heterocycles. The van der Waals surface area contributed by atoms with Gasteiger partial charge in [0.05, 0.1) is 7.11 Å². The molecule has 162 valence electrons. The Labute approximate surface area is 189 Å². The van der Waals surface area contributed by atoms with Crippen molar-refractivity contribution in [1.82, 2.24) is 16.2 Å². The van der Waals surface area contributed by atoms with E-state index in [4.69, 9.17) is 17.0 Å². The Morgan fingerprint density at radius 2 is 1.25 bits per heavy atom. The summed E-state index contributed by atoms with van der Waals surface area (Å²) in [5, 5.41) is 5.16. The standard InChI is InChI=1S/C23H20N4O4S/c1-31-19-13-9-16(10-14-19)21(29)25-23(32)27-26-22(30)17-7-11-18(12-8-17)24-20(28)15-5-3-2-4-6-15/h2-14H,1H3,(H,24,28)(H,26,30)(H2,25,27,29,32). The zero-order valence-corrected chi connectivity index (χ0v) is 17.9. The zero-order chi connectivity index (χ0) is 22.9. The van der Waals surface area contributed by atoms with Gasteiger partial charge in [0.15, 0.2) is 5.11 Å². The van der Waals surface area contributed by atoms with Crippen LogP contribution in [0.2, 0.25) is 0 Å². The van der Waals surface area contributed by atoms with Crippen LogP contribution in [-0.2, 0) is 0 Å². The van der Waals surface area contributed by atoms with Crippen LogP contribution in [0.25, 0.3) is 0 Å². The minimum atomic E-state index is -0.466. The number of nitrogens with one attached hydrogen (secondary N) is 4. The third kappa shape index (κ3) is 6.13. The fraction of sp³-hybridized carbons (Fsp3) is 0.0435. The van der Waals surface area contributed by atoms with Crippen molar-refractivity contribution in [1.29, 1.82) is 0 Å². The zero-order valence-electron chi connectivity index (χ0n) is 17.0. The summed E-state index contributed by atoms with van der Waals surface area (Å²) in [4.78, 5) is 36.6. The van der Waals surface area contributed by atoms with Crippen molar-refractivity contribution in [3.05, 3.63) is 95.6 Å². The highest BCUT2D eigenvalue weighted by atomic mass is 32.1. The van der Waals surface area contributed by atoms with Crippen LogP contribution in [0.5, 0.6) is 5.75 Å². The number of hydrazine groups is 1. The number of methoxy groups -OCH3 is 1. The first-order chi connectivity index (χ1) is 15.5. The minimum absolute atomic E-state index is 0.0640. The molecule has 0 saturated heterocycles. The molecule has 0 heterocycles. The first-order valence-corrected chi connectivity index (χ1v) is 9.89. The summed E-state index contributed by atoms with van der Waals surface area (Å²) in [6.45, 7) is 0. The highest BCUT2D eigenvalue weighted by Gasteiger charge is 2.11. The van der Waals surface area contributed by atoms with Gasteiger partial charge in [0, 0.05) is 22.4 Å². The average molecular weight is 449 g/mol. The highest BCUT2D eigenvalue weighted by molar-refractivity contribution is 7.80. The number of hydrogen-bond donors (Lipinski definition) is 4. The molecule has 0 aliphatic rings. The van der Waals surface area contributed by atoms with Crippen molar-refractivity contribution in [3.63, 3.8) is 0 Å². The summed E-state index contributed by atoms with van der Waals surface area (Å²) in [5.41, 5.74) is 6.68. The topological polar surface area (TPSA) is 109 Å². The molecule has 0 aromatic heterocycles. The molecule has 8 nitrogen and oxygen atoms in total. The van der Waals surface area contributed by atoms with Crippen molar-refractivity contribution in [2.45, 2.75) is 0 Å². The lowest BCUT2D eigenvalue weighted by Gasteiger charge is -2.11. The lowest BCUT2D eigenvalue weighted by atomic mass is 10.1. The molecular weight excluding hydrogens is 428 g/mol. The molecule has 32 heavy (non-hydrogen) atoms. The van der Waals surface area contributed by atoms with E-state index in [2.05, 4.69) is 21.5 Å². The van der Waals surface area contributed by atoms with E-state index in [0.29, 0.717) is 28.1 Å². The van der Waals surface area contributed by atoms with Crippen LogP contribution in [0.4, 0.5) is 5.69 Å². The van der Waals surface area contributed by atoms with Crippen molar-refractivity contribution in [2.24, 2.45) is 0 Å². The van der Waals surface area contributed by atoms with Gasteiger partial charge in [-0.3, -0.25) is 30.6 Å². The Kier molecular flexibility index (Phi) is 7.50. The molecule has 0 saturated carbocycles. The van der Waals surface area contributed by atoms with Gasteiger partial charge in [-0.05, 0) is 72.9 Å². The van der Waals surface area contributed by atoms with Crippen LogP contribution in [-0.4, -0.2) is 29.9 Å². The summed E-state index contributed by atoms with van der Waals surface area (Å²) < 4.78 is 5.05. The minimum Gasteiger partial charge on any atom is -0.497 e. The van der Waals surface area contributed by atoms with E-state index >= 15 is 0 Å². The third-order valence-electron chi connectivity index (χ3n) is 4.31. The molecule has 0 aliphatic carbocycles. The summed E-state index contributed by atoms with van der Waals surface area (Å²) in [5.74, 6) is -0.521. The lowest BCUT2D eigenvalue weighted by Crippen LogP contribution is -2.48. The Bertz CT molecular complexity index is 1120. The number of ether oxygens (including phenoxy) is 1. The number of thiocarbonyl (C=S) groups is 1. The molecule has 0 radical (unpaired) electrons.